The Morgan fingerprint density at radius 3 is 2.33 bits per heavy atom. The molecule has 0 aliphatic carbocycles. The number of nitrogens with one attached hydrogen (secondary N) is 1. The minimum absolute atomic E-state index is 0.0308. The highest BCUT2D eigenvalue weighted by molar-refractivity contribution is 6.30. The number of aryl methyl sites for hydroxylation is 2. The van der Waals surface area contributed by atoms with Crippen LogP contribution < -0.4 is 5.32 Å². The first-order chi connectivity index (χ1) is 10.0. The van der Waals surface area contributed by atoms with Crippen LogP contribution in [0.3, 0.4) is 0 Å². The van der Waals surface area contributed by atoms with E-state index in [0.717, 1.165) is 22.6 Å². The van der Waals surface area contributed by atoms with Crippen LogP contribution in [0.1, 0.15) is 36.1 Å². The van der Waals surface area contributed by atoms with Gasteiger partial charge in [0.1, 0.15) is 0 Å². The molecular weight excluding hydrogens is 282 g/mol. The van der Waals surface area contributed by atoms with Gasteiger partial charge in [0, 0.05) is 11.4 Å². The Labute approximate surface area is 131 Å². The van der Waals surface area contributed by atoms with Gasteiger partial charge in [-0.25, -0.2) is 0 Å². The van der Waals surface area contributed by atoms with Crippen molar-refractivity contribution in [3.63, 3.8) is 0 Å². The van der Waals surface area contributed by atoms with E-state index in [9.17, 15) is 4.79 Å². The zero-order valence-corrected chi connectivity index (χ0v) is 13.2. The van der Waals surface area contributed by atoms with E-state index in [1.54, 1.807) is 0 Å². The summed E-state index contributed by atoms with van der Waals surface area (Å²) in [6, 6.07) is 15.9. The maximum Gasteiger partial charge on any atom is 0.220 e. The van der Waals surface area contributed by atoms with Crippen LogP contribution in [-0.4, -0.2) is 5.91 Å². The lowest BCUT2D eigenvalue weighted by Gasteiger charge is -2.14. The molecule has 1 amide bonds. The number of rotatable bonds is 5. The Bertz CT molecular complexity index is 590. The number of amides is 1. The van der Waals surface area contributed by atoms with Crippen molar-refractivity contribution in [2.75, 3.05) is 0 Å². The third-order valence-corrected chi connectivity index (χ3v) is 3.76. The van der Waals surface area contributed by atoms with Crippen LogP contribution >= 0.6 is 11.6 Å². The van der Waals surface area contributed by atoms with Crippen molar-refractivity contribution in [1.82, 2.24) is 5.32 Å². The van der Waals surface area contributed by atoms with Crippen molar-refractivity contribution >= 4 is 17.5 Å². The quantitative estimate of drug-likeness (QED) is 0.868. The average molecular weight is 302 g/mol. The molecule has 0 aromatic heterocycles. The third-order valence-electron chi connectivity index (χ3n) is 3.51. The minimum atomic E-state index is 0.0308. The van der Waals surface area contributed by atoms with Crippen LogP contribution in [0.2, 0.25) is 5.02 Å². The zero-order chi connectivity index (χ0) is 15.2. The Kier molecular flexibility index (Phi) is 5.40. The zero-order valence-electron chi connectivity index (χ0n) is 12.4. The molecule has 0 aliphatic rings. The molecule has 0 radical (unpaired) electrons. The van der Waals surface area contributed by atoms with Crippen LogP contribution in [-0.2, 0) is 11.2 Å². The number of carbonyl (C=O) groups is 1. The first-order valence-electron chi connectivity index (χ1n) is 7.15. The molecule has 2 aromatic rings. The van der Waals surface area contributed by atoms with Gasteiger partial charge in [-0.05, 0) is 43.5 Å². The summed E-state index contributed by atoms with van der Waals surface area (Å²) in [5.41, 5.74) is 3.47. The highest BCUT2D eigenvalue weighted by Gasteiger charge is 2.09. The fraction of sp³-hybridized carbons (Fsp3) is 0.278. The summed E-state index contributed by atoms with van der Waals surface area (Å²) in [7, 11) is 0. The molecule has 2 rings (SSSR count). The lowest BCUT2D eigenvalue weighted by Crippen LogP contribution is -2.26. The Morgan fingerprint density at radius 2 is 1.71 bits per heavy atom. The first kappa shape index (κ1) is 15.6. The topological polar surface area (TPSA) is 29.1 Å². The van der Waals surface area contributed by atoms with E-state index in [0.29, 0.717) is 6.42 Å². The maximum atomic E-state index is 12.0. The molecule has 0 aliphatic heterocycles. The Balaban J connectivity index is 1.83. The van der Waals surface area contributed by atoms with Crippen molar-refractivity contribution in [3.8, 4) is 0 Å². The fourth-order valence-electron chi connectivity index (χ4n) is 2.16. The van der Waals surface area contributed by atoms with Gasteiger partial charge in [0.05, 0.1) is 6.04 Å². The molecule has 1 atom stereocenters. The molecule has 0 saturated carbocycles. The Hall–Kier alpha value is -1.80. The second-order valence-electron chi connectivity index (χ2n) is 5.33. The summed E-state index contributed by atoms with van der Waals surface area (Å²) in [4.78, 5) is 12.0. The standard InChI is InChI=1S/C18H20ClNO/c1-13-3-8-16(9-4-13)14(2)20-18(21)12-7-15-5-10-17(19)11-6-15/h3-6,8-11,14H,7,12H2,1-2H3,(H,20,21)/t14-/m1/s1. The van der Waals surface area contributed by atoms with Crippen molar-refractivity contribution in [1.29, 1.82) is 0 Å². The molecule has 0 heterocycles. The monoisotopic (exact) mass is 301 g/mol. The smallest absolute Gasteiger partial charge is 0.220 e. The largest absolute Gasteiger partial charge is 0.350 e. The molecule has 110 valence electrons. The van der Waals surface area contributed by atoms with Crippen molar-refractivity contribution in [2.24, 2.45) is 0 Å². The van der Waals surface area contributed by atoms with E-state index < -0.39 is 0 Å². The molecule has 0 fully saturated rings. The minimum Gasteiger partial charge on any atom is -0.350 e. The molecule has 2 aromatic carbocycles. The van der Waals surface area contributed by atoms with Gasteiger partial charge in [0.15, 0.2) is 0 Å². The molecule has 21 heavy (non-hydrogen) atoms. The van der Waals surface area contributed by atoms with E-state index in [1.807, 2.05) is 31.2 Å². The number of benzene rings is 2. The molecular formula is C18H20ClNO. The van der Waals surface area contributed by atoms with Gasteiger partial charge >= 0.3 is 0 Å². The van der Waals surface area contributed by atoms with E-state index >= 15 is 0 Å². The summed E-state index contributed by atoms with van der Waals surface area (Å²) >= 11 is 5.84. The second-order valence-corrected chi connectivity index (χ2v) is 5.76. The van der Waals surface area contributed by atoms with Gasteiger partial charge in [-0.2, -0.15) is 0 Å². The van der Waals surface area contributed by atoms with E-state index in [2.05, 4.69) is 36.5 Å². The molecule has 0 bridgehead atoms. The van der Waals surface area contributed by atoms with Gasteiger partial charge in [-0.3, -0.25) is 4.79 Å². The van der Waals surface area contributed by atoms with Gasteiger partial charge in [-0.15, -0.1) is 0 Å². The molecule has 1 N–H and O–H groups in total. The summed E-state index contributed by atoms with van der Waals surface area (Å²) < 4.78 is 0. The first-order valence-corrected chi connectivity index (χ1v) is 7.53. The van der Waals surface area contributed by atoms with Crippen molar-refractivity contribution < 1.29 is 4.79 Å². The van der Waals surface area contributed by atoms with Crippen LogP contribution in [0.4, 0.5) is 0 Å². The number of hydrogen-bond acceptors (Lipinski definition) is 1. The second kappa shape index (κ2) is 7.28. The summed E-state index contributed by atoms with van der Waals surface area (Å²) in [5, 5.41) is 3.75. The third kappa shape index (κ3) is 4.91. The average Bonchev–Trinajstić information content (AvgIpc) is 2.47. The predicted molar refractivity (Wildman–Crippen MR) is 87.5 cm³/mol. The van der Waals surface area contributed by atoms with Gasteiger partial charge in [0.2, 0.25) is 5.91 Å². The molecule has 0 spiro atoms. The van der Waals surface area contributed by atoms with E-state index in [1.165, 1.54) is 5.56 Å². The SMILES string of the molecule is Cc1ccc([C@@H](C)NC(=O)CCc2ccc(Cl)cc2)cc1. The lowest BCUT2D eigenvalue weighted by molar-refractivity contribution is -0.121. The highest BCUT2D eigenvalue weighted by Crippen LogP contribution is 2.14. The van der Waals surface area contributed by atoms with E-state index in [4.69, 9.17) is 11.6 Å². The van der Waals surface area contributed by atoms with Crippen LogP contribution in [0.15, 0.2) is 48.5 Å². The number of hydrogen-bond donors (Lipinski definition) is 1. The highest BCUT2D eigenvalue weighted by atomic mass is 35.5. The van der Waals surface area contributed by atoms with Crippen molar-refractivity contribution in [2.45, 2.75) is 32.7 Å². The summed E-state index contributed by atoms with van der Waals surface area (Å²) in [5.74, 6) is 0.0676. The Morgan fingerprint density at radius 1 is 1.10 bits per heavy atom. The normalized spacial score (nSPS) is 12.0. The van der Waals surface area contributed by atoms with Crippen molar-refractivity contribution in [3.05, 3.63) is 70.2 Å². The van der Waals surface area contributed by atoms with Crippen LogP contribution in [0.5, 0.6) is 0 Å². The lowest BCUT2D eigenvalue weighted by atomic mass is 10.1. The molecule has 0 unspecified atom stereocenters. The van der Waals surface area contributed by atoms with Crippen LogP contribution in [0.25, 0.3) is 0 Å². The fourth-order valence-corrected chi connectivity index (χ4v) is 2.29. The van der Waals surface area contributed by atoms with Gasteiger partial charge in [0.25, 0.3) is 0 Å². The molecule has 0 saturated heterocycles. The molecule has 2 nitrogen and oxygen atoms in total. The predicted octanol–water partition coefficient (Wildman–Crippen LogP) is 4.46. The summed E-state index contributed by atoms with van der Waals surface area (Å²) in [6.45, 7) is 4.06. The van der Waals surface area contributed by atoms with Crippen LogP contribution in [0, 0.1) is 6.92 Å². The number of halogens is 1. The van der Waals surface area contributed by atoms with Gasteiger partial charge in [-0.1, -0.05) is 53.6 Å². The van der Waals surface area contributed by atoms with Gasteiger partial charge < -0.3 is 5.32 Å². The van der Waals surface area contributed by atoms with E-state index in [-0.39, 0.29) is 11.9 Å². The number of carbonyl (C=O) groups excluding carboxylic acids is 1. The summed E-state index contributed by atoms with van der Waals surface area (Å²) in [6.07, 6.45) is 1.21. The maximum absolute atomic E-state index is 12.0. The molecule has 3 heteroatoms.